The smallest absolute Gasteiger partial charge is 0.223 e. The van der Waals surface area contributed by atoms with Crippen molar-refractivity contribution in [3.05, 3.63) is 24.3 Å². The molecule has 6 heteroatoms. The average Bonchev–Trinajstić information content (AvgIpc) is 2.77. The number of amides is 2. The molecule has 1 aromatic rings. The Kier molecular flexibility index (Phi) is 3.62. The van der Waals surface area contributed by atoms with Crippen molar-refractivity contribution >= 4 is 11.8 Å². The van der Waals surface area contributed by atoms with Crippen LogP contribution in [0.25, 0.3) is 0 Å². The van der Waals surface area contributed by atoms with Gasteiger partial charge >= 0.3 is 0 Å². The summed E-state index contributed by atoms with van der Waals surface area (Å²) >= 11 is 0. The lowest BCUT2D eigenvalue weighted by Gasteiger charge is -2.27. The van der Waals surface area contributed by atoms with Crippen LogP contribution < -0.4 is 5.32 Å². The highest BCUT2D eigenvalue weighted by molar-refractivity contribution is 5.81. The third-order valence-corrected chi connectivity index (χ3v) is 4.08. The molecule has 2 atom stereocenters. The minimum atomic E-state index is 0.0592. The van der Waals surface area contributed by atoms with Crippen LogP contribution in [0.1, 0.15) is 31.4 Å². The summed E-state index contributed by atoms with van der Waals surface area (Å²) in [7, 11) is 0. The standard InChI is InChI=1S/C14H18N4O2/c19-13-7-11-2-3-12(9-17-13)18(11)14(20)4-1-10-8-15-5-6-16-10/h5-6,8,11-12H,1-4,7,9H2,(H,17,19)/t11-,12+/m1/s1. The van der Waals surface area contributed by atoms with E-state index >= 15 is 0 Å². The zero-order valence-corrected chi connectivity index (χ0v) is 11.3. The first kappa shape index (κ1) is 13.0. The number of hydrogen-bond acceptors (Lipinski definition) is 4. The van der Waals surface area contributed by atoms with Crippen LogP contribution in [0.3, 0.4) is 0 Å². The highest BCUT2D eigenvalue weighted by Gasteiger charge is 2.39. The quantitative estimate of drug-likeness (QED) is 0.859. The number of fused-ring (bicyclic) bond motifs is 2. The highest BCUT2D eigenvalue weighted by atomic mass is 16.2. The van der Waals surface area contributed by atoms with Crippen LogP contribution in [0.15, 0.2) is 18.6 Å². The minimum absolute atomic E-state index is 0.0592. The molecule has 2 aliphatic heterocycles. The minimum Gasteiger partial charge on any atom is -0.354 e. The van der Waals surface area contributed by atoms with Gasteiger partial charge in [-0.2, -0.15) is 0 Å². The maximum atomic E-state index is 12.4. The summed E-state index contributed by atoms with van der Waals surface area (Å²) in [4.78, 5) is 34.1. The second kappa shape index (κ2) is 5.56. The van der Waals surface area contributed by atoms with Crippen LogP contribution in [-0.2, 0) is 16.0 Å². The molecule has 2 saturated heterocycles. The number of aryl methyl sites for hydroxylation is 1. The van der Waals surface area contributed by atoms with Crippen molar-refractivity contribution in [2.24, 2.45) is 0 Å². The van der Waals surface area contributed by atoms with Crippen LogP contribution in [0.5, 0.6) is 0 Å². The molecule has 0 spiro atoms. The molecule has 0 saturated carbocycles. The van der Waals surface area contributed by atoms with E-state index in [0.717, 1.165) is 18.5 Å². The molecular formula is C14H18N4O2. The number of carbonyl (C=O) groups excluding carboxylic acids is 2. The normalized spacial score (nSPS) is 25.2. The third kappa shape index (κ3) is 2.64. The van der Waals surface area contributed by atoms with E-state index in [-0.39, 0.29) is 23.9 Å². The Labute approximate surface area is 117 Å². The van der Waals surface area contributed by atoms with Crippen LogP contribution in [0.2, 0.25) is 0 Å². The van der Waals surface area contributed by atoms with Gasteiger partial charge in [0.2, 0.25) is 11.8 Å². The first-order valence-corrected chi connectivity index (χ1v) is 7.07. The third-order valence-electron chi connectivity index (χ3n) is 4.08. The summed E-state index contributed by atoms with van der Waals surface area (Å²) in [6.07, 6.45) is 8.35. The summed E-state index contributed by atoms with van der Waals surface area (Å²) in [6.45, 7) is 0.589. The number of hydrogen-bond donors (Lipinski definition) is 1. The van der Waals surface area contributed by atoms with Gasteiger partial charge in [0.25, 0.3) is 0 Å². The van der Waals surface area contributed by atoms with Crippen molar-refractivity contribution < 1.29 is 9.59 Å². The Hall–Kier alpha value is -1.98. The van der Waals surface area contributed by atoms with Gasteiger partial charge in [-0.25, -0.2) is 0 Å². The van der Waals surface area contributed by atoms with Crippen LogP contribution in [0, 0.1) is 0 Å². The predicted octanol–water partition coefficient (Wildman–Crippen LogP) is 0.289. The molecule has 106 valence electrons. The Morgan fingerprint density at radius 1 is 1.35 bits per heavy atom. The van der Waals surface area contributed by atoms with E-state index < -0.39 is 0 Å². The van der Waals surface area contributed by atoms with Gasteiger partial charge in [0.05, 0.1) is 5.69 Å². The Bertz CT molecular complexity index is 505. The van der Waals surface area contributed by atoms with Crippen molar-refractivity contribution in [1.82, 2.24) is 20.2 Å². The summed E-state index contributed by atoms with van der Waals surface area (Å²) in [5, 5.41) is 2.88. The molecule has 3 rings (SSSR count). The summed E-state index contributed by atoms with van der Waals surface area (Å²) < 4.78 is 0. The van der Waals surface area contributed by atoms with Gasteiger partial charge in [0.1, 0.15) is 0 Å². The molecule has 0 radical (unpaired) electrons. The first-order valence-electron chi connectivity index (χ1n) is 7.07. The van der Waals surface area contributed by atoms with E-state index in [0.29, 0.717) is 25.8 Å². The van der Waals surface area contributed by atoms with E-state index in [1.807, 2.05) is 4.90 Å². The molecule has 20 heavy (non-hydrogen) atoms. The Balaban J connectivity index is 1.63. The maximum absolute atomic E-state index is 12.4. The number of nitrogens with zero attached hydrogens (tertiary/aromatic N) is 3. The zero-order chi connectivity index (χ0) is 13.9. The number of aromatic nitrogens is 2. The largest absolute Gasteiger partial charge is 0.354 e. The SMILES string of the molecule is O=C1C[C@H]2CC[C@@H](CN1)N2C(=O)CCc1cnccn1. The molecule has 0 aromatic carbocycles. The summed E-state index contributed by atoms with van der Waals surface area (Å²) in [5.74, 6) is 0.184. The summed E-state index contributed by atoms with van der Waals surface area (Å²) in [6, 6.07) is 0.248. The van der Waals surface area contributed by atoms with Crippen molar-refractivity contribution in [3.8, 4) is 0 Å². The van der Waals surface area contributed by atoms with E-state index in [9.17, 15) is 9.59 Å². The average molecular weight is 274 g/mol. The van der Waals surface area contributed by atoms with E-state index in [1.165, 1.54) is 0 Å². The van der Waals surface area contributed by atoms with Gasteiger partial charge in [-0.05, 0) is 19.3 Å². The van der Waals surface area contributed by atoms with E-state index in [1.54, 1.807) is 18.6 Å². The molecule has 2 bridgehead atoms. The zero-order valence-electron chi connectivity index (χ0n) is 11.3. The second-order valence-electron chi connectivity index (χ2n) is 5.39. The van der Waals surface area contributed by atoms with Gasteiger partial charge in [0.15, 0.2) is 0 Å². The second-order valence-corrected chi connectivity index (χ2v) is 5.39. The molecular weight excluding hydrogens is 256 g/mol. The van der Waals surface area contributed by atoms with Crippen LogP contribution in [-0.4, -0.2) is 45.3 Å². The van der Waals surface area contributed by atoms with E-state index in [4.69, 9.17) is 0 Å². The van der Waals surface area contributed by atoms with Crippen molar-refractivity contribution in [1.29, 1.82) is 0 Å². The molecule has 0 unspecified atom stereocenters. The van der Waals surface area contributed by atoms with Gasteiger partial charge in [-0.3, -0.25) is 19.6 Å². The Morgan fingerprint density at radius 2 is 2.20 bits per heavy atom. The maximum Gasteiger partial charge on any atom is 0.223 e. The van der Waals surface area contributed by atoms with Gasteiger partial charge in [-0.1, -0.05) is 0 Å². The monoisotopic (exact) mass is 274 g/mol. The fourth-order valence-corrected chi connectivity index (χ4v) is 3.11. The highest BCUT2D eigenvalue weighted by Crippen LogP contribution is 2.29. The van der Waals surface area contributed by atoms with E-state index in [2.05, 4.69) is 15.3 Å². The molecule has 2 amide bonds. The fourth-order valence-electron chi connectivity index (χ4n) is 3.11. The molecule has 1 aromatic heterocycles. The van der Waals surface area contributed by atoms with Crippen LogP contribution >= 0.6 is 0 Å². The number of rotatable bonds is 3. The predicted molar refractivity (Wildman–Crippen MR) is 71.6 cm³/mol. The van der Waals surface area contributed by atoms with Crippen molar-refractivity contribution in [2.75, 3.05) is 6.54 Å². The van der Waals surface area contributed by atoms with Crippen molar-refractivity contribution in [3.63, 3.8) is 0 Å². The van der Waals surface area contributed by atoms with Gasteiger partial charge in [0, 0.05) is 50.1 Å². The molecule has 6 nitrogen and oxygen atoms in total. The topological polar surface area (TPSA) is 75.2 Å². The summed E-state index contributed by atoms with van der Waals surface area (Å²) in [5.41, 5.74) is 0.831. The molecule has 1 N–H and O–H groups in total. The van der Waals surface area contributed by atoms with Crippen LogP contribution in [0.4, 0.5) is 0 Å². The van der Waals surface area contributed by atoms with Gasteiger partial charge in [-0.15, -0.1) is 0 Å². The lowest BCUT2D eigenvalue weighted by molar-refractivity contribution is -0.133. The lowest BCUT2D eigenvalue weighted by atomic mass is 10.1. The van der Waals surface area contributed by atoms with Crippen molar-refractivity contribution in [2.45, 2.75) is 44.2 Å². The first-order chi connectivity index (χ1) is 9.74. The molecule has 2 aliphatic rings. The molecule has 2 fully saturated rings. The molecule has 3 heterocycles. The van der Waals surface area contributed by atoms with Gasteiger partial charge < -0.3 is 10.2 Å². The lowest BCUT2D eigenvalue weighted by Crippen LogP contribution is -2.42. The Morgan fingerprint density at radius 3 is 3.00 bits per heavy atom. The fraction of sp³-hybridized carbons (Fsp3) is 0.571. The molecule has 0 aliphatic carbocycles. The number of carbonyl (C=O) groups is 2. The number of nitrogens with one attached hydrogen (secondary N) is 1.